The van der Waals surface area contributed by atoms with E-state index in [1.807, 2.05) is 0 Å². The quantitative estimate of drug-likeness (QED) is 0.415. The van der Waals surface area contributed by atoms with Gasteiger partial charge in [-0.2, -0.15) is 0 Å². The van der Waals surface area contributed by atoms with E-state index in [0.29, 0.717) is 11.5 Å². The minimum atomic E-state index is -1.23. The lowest BCUT2D eigenvalue weighted by Crippen LogP contribution is -2.57. The summed E-state index contributed by atoms with van der Waals surface area (Å²) in [5.74, 6) is -1.40. The Morgan fingerprint density at radius 2 is 1.97 bits per heavy atom. The number of methoxy groups -OCH3 is 1. The molecule has 2 aliphatic rings. The van der Waals surface area contributed by atoms with Gasteiger partial charge < -0.3 is 29.3 Å². The van der Waals surface area contributed by atoms with E-state index in [-0.39, 0.29) is 35.3 Å². The van der Waals surface area contributed by atoms with E-state index in [0.717, 1.165) is 12.8 Å². The van der Waals surface area contributed by atoms with Crippen LogP contribution in [0.25, 0.3) is 11.3 Å². The molecule has 3 aromatic rings. The molecule has 2 fully saturated rings. The largest absolute Gasteiger partial charge is 0.395 e. The van der Waals surface area contributed by atoms with Gasteiger partial charge in [-0.1, -0.05) is 16.4 Å². The van der Waals surface area contributed by atoms with Crippen LogP contribution in [0.4, 0.5) is 8.78 Å². The highest BCUT2D eigenvalue weighted by Gasteiger charge is 2.49. The Balaban J connectivity index is 1.43. The first-order chi connectivity index (χ1) is 17.3. The van der Waals surface area contributed by atoms with Crippen LogP contribution in [0, 0.1) is 18.6 Å². The van der Waals surface area contributed by atoms with E-state index in [4.69, 9.17) is 14.0 Å². The van der Waals surface area contributed by atoms with Gasteiger partial charge in [-0.15, -0.1) is 5.10 Å². The van der Waals surface area contributed by atoms with Gasteiger partial charge in [0.1, 0.15) is 35.8 Å². The predicted octanol–water partition coefficient (Wildman–Crippen LogP) is 1.46. The number of benzene rings is 1. The van der Waals surface area contributed by atoms with E-state index in [2.05, 4.69) is 15.5 Å². The Kier molecular flexibility index (Phi) is 6.64. The summed E-state index contributed by atoms with van der Waals surface area (Å²) in [4.78, 5) is 0. The van der Waals surface area contributed by atoms with Gasteiger partial charge in [0, 0.05) is 25.2 Å². The van der Waals surface area contributed by atoms with Crippen molar-refractivity contribution >= 4 is 0 Å². The molecule has 5 atom stereocenters. The van der Waals surface area contributed by atoms with Gasteiger partial charge in [-0.25, -0.2) is 13.5 Å². The predicted molar refractivity (Wildman–Crippen MR) is 120 cm³/mol. The molecule has 1 saturated carbocycles. The zero-order chi connectivity index (χ0) is 25.6. The fraction of sp³-hybridized carbons (Fsp3) is 0.542. The third-order valence-electron chi connectivity index (χ3n) is 7.25. The Hall–Kier alpha value is -2.77. The highest BCUT2D eigenvalue weighted by atomic mass is 19.2. The zero-order valence-electron chi connectivity index (χ0n) is 19.8. The molecule has 0 bridgehead atoms. The van der Waals surface area contributed by atoms with E-state index in [1.165, 1.54) is 37.0 Å². The minimum absolute atomic E-state index is 0.0246. The summed E-state index contributed by atoms with van der Waals surface area (Å²) < 4.78 is 47.1. The van der Waals surface area contributed by atoms with Crippen LogP contribution in [0.15, 0.2) is 28.9 Å². The van der Waals surface area contributed by atoms with Crippen LogP contribution in [0.2, 0.25) is 0 Å². The Labute approximate surface area is 205 Å². The molecule has 0 spiro atoms. The zero-order valence-corrected chi connectivity index (χ0v) is 19.8. The maximum Gasteiger partial charge on any atom is 0.168 e. The highest BCUT2D eigenvalue weighted by Crippen LogP contribution is 2.48. The summed E-state index contributed by atoms with van der Waals surface area (Å²) >= 11 is 0. The number of aromatic nitrogens is 4. The van der Waals surface area contributed by atoms with Crippen molar-refractivity contribution in [2.75, 3.05) is 20.3 Å². The van der Waals surface area contributed by atoms with Gasteiger partial charge in [-0.3, -0.25) is 0 Å². The van der Waals surface area contributed by atoms with Crippen molar-refractivity contribution in [1.82, 2.24) is 20.2 Å². The number of hydrogen-bond donors (Lipinski definition) is 3. The summed E-state index contributed by atoms with van der Waals surface area (Å²) in [5.41, 5.74) is 0.368. The van der Waals surface area contributed by atoms with Crippen molar-refractivity contribution in [3.8, 4) is 11.3 Å². The van der Waals surface area contributed by atoms with E-state index in [1.54, 1.807) is 6.07 Å². The second-order valence-corrected chi connectivity index (χ2v) is 9.54. The first-order valence-electron chi connectivity index (χ1n) is 11.7. The molecule has 0 radical (unpaired) electrons. The first kappa shape index (κ1) is 24.9. The summed E-state index contributed by atoms with van der Waals surface area (Å²) in [7, 11) is 1.45. The molecule has 36 heavy (non-hydrogen) atoms. The van der Waals surface area contributed by atoms with Crippen LogP contribution in [0.5, 0.6) is 0 Å². The molecule has 3 N–H and O–H groups in total. The Morgan fingerprint density at radius 1 is 1.19 bits per heavy atom. The maximum absolute atomic E-state index is 14.5. The van der Waals surface area contributed by atoms with Crippen molar-refractivity contribution in [3.63, 3.8) is 0 Å². The van der Waals surface area contributed by atoms with Crippen LogP contribution >= 0.6 is 0 Å². The number of aliphatic hydroxyl groups is 3. The SMILES string of the molecule is CO[C@@H]1[C@@H](n2cc(-c3ccc(C)c(F)c3F)nn2)[C@@H](O)[C@@H](CO)O[C@@H]1Cc1cc(C2(CO)CC2)on1. The Bertz CT molecular complexity index is 1230. The van der Waals surface area contributed by atoms with Crippen LogP contribution in [-0.2, 0) is 21.3 Å². The number of hydrogen-bond acceptors (Lipinski definition) is 9. The molecular weight excluding hydrogens is 478 g/mol. The molecule has 1 saturated heterocycles. The molecular formula is C24H28F2N4O6. The lowest BCUT2D eigenvalue weighted by molar-refractivity contribution is -0.212. The smallest absolute Gasteiger partial charge is 0.168 e. The van der Waals surface area contributed by atoms with Crippen molar-refractivity contribution in [1.29, 1.82) is 0 Å². The lowest BCUT2D eigenvalue weighted by Gasteiger charge is -2.43. The van der Waals surface area contributed by atoms with Crippen LogP contribution in [-0.4, -0.2) is 80.2 Å². The minimum Gasteiger partial charge on any atom is -0.395 e. The first-order valence-corrected chi connectivity index (χ1v) is 11.7. The average Bonchev–Trinajstić information content (AvgIpc) is 3.28. The molecule has 2 aromatic heterocycles. The molecule has 5 rings (SSSR count). The molecule has 0 amide bonds. The molecule has 3 heterocycles. The number of aliphatic hydroxyl groups excluding tert-OH is 3. The van der Waals surface area contributed by atoms with Gasteiger partial charge in [0.25, 0.3) is 0 Å². The highest BCUT2D eigenvalue weighted by molar-refractivity contribution is 5.59. The van der Waals surface area contributed by atoms with E-state index >= 15 is 0 Å². The third kappa shape index (κ3) is 4.22. The summed E-state index contributed by atoms with van der Waals surface area (Å²) in [6, 6.07) is 3.77. The van der Waals surface area contributed by atoms with Crippen molar-refractivity contribution in [2.24, 2.45) is 0 Å². The fourth-order valence-corrected chi connectivity index (χ4v) is 4.82. The van der Waals surface area contributed by atoms with Crippen LogP contribution < -0.4 is 0 Å². The molecule has 10 nitrogen and oxygen atoms in total. The fourth-order valence-electron chi connectivity index (χ4n) is 4.82. The third-order valence-corrected chi connectivity index (χ3v) is 7.25. The number of rotatable bonds is 8. The van der Waals surface area contributed by atoms with Crippen molar-refractivity contribution in [3.05, 3.63) is 53.0 Å². The molecule has 1 aromatic carbocycles. The van der Waals surface area contributed by atoms with Crippen LogP contribution in [0.3, 0.4) is 0 Å². The van der Waals surface area contributed by atoms with Gasteiger partial charge in [0.05, 0.1) is 36.6 Å². The number of aryl methyl sites for hydroxylation is 1. The topological polar surface area (TPSA) is 136 Å². The normalized spacial score (nSPS) is 27.4. The molecule has 1 aliphatic heterocycles. The monoisotopic (exact) mass is 506 g/mol. The van der Waals surface area contributed by atoms with Gasteiger partial charge in [-0.05, 0) is 31.4 Å². The summed E-state index contributed by atoms with van der Waals surface area (Å²) in [6.45, 7) is 0.965. The summed E-state index contributed by atoms with van der Waals surface area (Å²) in [6.07, 6.45) is -0.347. The molecule has 1 aliphatic carbocycles. The molecule has 12 heteroatoms. The van der Waals surface area contributed by atoms with Crippen LogP contribution in [0.1, 0.15) is 35.9 Å². The second kappa shape index (κ2) is 9.60. The number of halogens is 2. The molecule has 194 valence electrons. The summed E-state index contributed by atoms with van der Waals surface area (Å²) in [5, 5.41) is 42.7. The average molecular weight is 507 g/mol. The lowest BCUT2D eigenvalue weighted by atomic mass is 9.90. The number of ether oxygens (including phenoxy) is 2. The van der Waals surface area contributed by atoms with Crippen molar-refractivity contribution < 1.29 is 38.1 Å². The van der Waals surface area contributed by atoms with E-state index < -0.39 is 48.7 Å². The Morgan fingerprint density at radius 3 is 2.64 bits per heavy atom. The second-order valence-electron chi connectivity index (χ2n) is 9.54. The van der Waals surface area contributed by atoms with Gasteiger partial charge in [0.15, 0.2) is 11.6 Å². The van der Waals surface area contributed by atoms with Crippen molar-refractivity contribution in [2.45, 2.75) is 62.1 Å². The van der Waals surface area contributed by atoms with Gasteiger partial charge >= 0.3 is 0 Å². The molecule has 0 unspecified atom stereocenters. The van der Waals surface area contributed by atoms with Gasteiger partial charge in [0.2, 0.25) is 0 Å². The maximum atomic E-state index is 14.5. The number of nitrogens with zero attached hydrogens (tertiary/aromatic N) is 4. The standard InChI is InChI=1S/C24H28F2N4O6/c1-12-3-4-14(20(26)19(12)25)15-9-30(29-27-15)21-22(33)17(10-31)35-16(23(21)34-2)7-13-8-18(36-28-13)24(11-32)5-6-24/h3-4,8-9,16-17,21-23,31-33H,5-7,10-11H2,1-2H3/t16-,17-,21+,22+,23+/m1/s1. The van der Waals surface area contributed by atoms with E-state index in [9.17, 15) is 24.1 Å².